The number of benzene rings is 1. The number of carbonyl (C=O) groups excluding carboxylic acids is 1. The molecule has 2 unspecified atom stereocenters. The molecule has 3 N–H and O–H groups in total. The molecule has 1 aliphatic rings. The predicted molar refractivity (Wildman–Crippen MR) is 121 cm³/mol. The minimum absolute atomic E-state index is 0.0275. The second-order valence-electron chi connectivity index (χ2n) is 6.96. The van der Waals surface area contributed by atoms with E-state index in [-0.39, 0.29) is 16.9 Å². The number of thiocarbonyl (C=S) groups is 1. The summed E-state index contributed by atoms with van der Waals surface area (Å²) >= 11 is 10.0. The Morgan fingerprint density at radius 3 is 2.52 bits per heavy atom. The SMILES string of the molecule is CNS(=O)(=O)C(C1CC1)C(C)(NC(=S)NC(=O)c1ccccc1)c1nc(Br)cs1. The van der Waals surface area contributed by atoms with E-state index in [1.54, 1.807) is 36.6 Å². The van der Waals surface area contributed by atoms with Gasteiger partial charge < -0.3 is 5.32 Å². The molecule has 1 aliphatic carbocycles. The number of rotatable bonds is 7. The summed E-state index contributed by atoms with van der Waals surface area (Å²) in [6.07, 6.45) is 1.61. The Balaban J connectivity index is 1.92. The number of amides is 1. The molecule has 1 aromatic heterocycles. The lowest BCUT2D eigenvalue weighted by molar-refractivity contribution is 0.0976. The predicted octanol–water partition coefficient (Wildman–Crippen LogP) is 2.75. The molecule has 7 nitrogen and oxygen atoms in total. The van der Waals surface area contributed by atoms with Crippen molar-refractivity contribution in [1.29, 1.82) is 0 Å². The summed E-state index contributed by atoms with van der Waals surface area (Å²) < 4.78 is 28.9. The van der Waals surface area contributed by atoms with Gasteiger partial charge in [-0.3, -0.25) is 10.1 Å². The Kier molecular flexibility index (Phi) is 6.74. The zero-order valence-corrected chi connectivity index (χ0v) is 19.8. The highest BCUT2D eigenvalue weighted by Crippen LogP contribution is 2.45. The molecule has 1 amide bonds. The number of carbonyl (C=O) groups is 1. The maximum Gasteiger partial charge on any atom is 0.257 e. The molecule has 1 fully saturated rings. The fraction of sp³-hybridized carbons (Fsp3) is 0.389. The van der Waals surface area contributed by atoms with Gasteiger partial charge in [-0.15, -0.1) is 11.3 Å². The summed E-state index contributed by atoms with van der Waals surface area (Å²) in [6, 6.07) is 8.67. The molecule has 0 radical (unpaired) electrons. The van der Waals surface area contributed by atoms with Crippen LogP contribution in [-0.4, -0.2) is 36.7 Å². The zero-order valence-electron chi connectivity index (χ0n) is 15.8. The first-order chi connectivity index (χ1) is 13.7. The number of nitrogens with zero attached hydrogens (tertiary/aromatic N) is 1. The van der Waals surface area contributed by atoms with Gasteiger partial charge in [-0.2, -0.15) is 0 Å². The van der Waals surface area contributed by atoms with Crippen molar-refractivity contribution in [2.45, 2.75) is 30.6 Å². The van der Waals surface area contributed by atoms with E-state index >= 15 is 0 Å². The minimum atomic E-state index is -3.65. The monoisotopic (exact) mass is 516 g/mol. The minimum Gasteiger partial charge on any atom is -0.349 e. The van der Waals surface area contributed by atoms with Gasteiger partial charge in [0, 0.05) is 10.9 Å². The Hall–Kier alpha value is -1.40. The standard InChI is InChI=1S/C18H21BrN4O3S3/c1-18(16-21-13(19)10-28-16,14(11-8-9-11)29(25,26)20-2)23-17(27)22-15(24)12-6-4-3-5-7-12/h3-7,10-11,14,20H,8-9H2,1-2H3,(H2,22,23,24,27). The van der Waals surface area contributed by atoms with Crippen LogP contribution in [0.4, 0.5) is 0 Å². The molecule has 1 heterocycles. The first-order valence-corrected chi connectivity index (χ1v) is 12.5. The van der Waals surface area contributed by atoms with Gasteiger partial charge in [-0.25, -0.2) is 18.1 Å². The molecule has 0 spiro atoms. The van der Waals surface area contributed by atoms with Crippen molar-refractivity contribution >= 4 is 60.5 Å². The van der Waals surface area contributed by atoms with Crippen LogP contribution in [0.15, 0.2) is 40.3 Å². The van der Waals surface area contributed by atoms with Crippen molar-refractivity contribution in [2.24, 2.45) is 5.92 Å². The van der Waals surface area contributed by atoms with Crippen molar-refractivity contribution in [3.8, 4) is 0 Å². The quantitative estimate of drug-likeness (QED) is 0.489. The van der Waals surface area contributed by atoms with Gasteiger partial charge in [-0.05, 0) is 73.0 Å². The van der Waals surface area contributed by atoms with Crippen LogP contribution < -0.4 is 15.4 Å². The maximum atomic E-state index is 12.9. The first-order valence-electron chi connectivity index (χ1n) is 8.90. The van der Waals surface area contributed by atoms with Gasteiger partial charge >= 0.3 is 0 Å². The summed E-state index contributed by atoms with van der Waals surface area (Å²) in [5, 5.41) is 7.34. The number of nitrogens with one attached hydrogen (secondary N) is 3. The van der Waals surface area contributed by atoms with E-state index in [1.807, 2.05) is 6.07 Å². The van der Waals surface area contributed by atoms with Crippen LogP contribution in [-0.2, 0) is 15.6 Å². The molecular weight excluding hydrogens is 496 g/mol. The molecule has 156 valence electrons. The number of sulfonamides is 1. The lowest BCUT2D eigenvalue weighted by atomic mass is 9.94. The number of aromatic nitrogens is 1. The van der Waals surface area contributed by atoms with Crippen molar-refractivity contribution in [2.75, 3.05) is 7.05 Å². The van der Waals surface area contributed by atoms with E-state index < -0.39 is 20.8 Å². The van der Waals surface area contributed by atoms with Gasteiger partial charge in [0.1, 0.15) is 20.4 Å². The smallest absolute Gasteiger partial charge is 0.257 e. The molecule has 2 aromatic rings. The summed E-state index contributed by atoms with van der Waals surface area (Å²) in [6.45, 7) is 1.76. The highest BCUT2D eigenvalue weighted by atomic mass is 79.9. The van der Waals surface area contributed by atoms with Crippen molar-refractivity contribution in [1.82, 2.24) is 20.3 Å². The third kappa shape index (κ3) is 5.02. The van der Waals surface area contributed by atoms with E-state index in [9.17, 15) is 13.2 Å². The van der Waals surface area contributed by atoms with Crippen molar-refractivity contribution in [3.63, 3.8) is 0 Å². The van der Waals surface area contributed by atoms with Gasteiger partial charge in [0.15, 0.2) is 5.11 Å². The summed E-state index contributed by atoms with van der Waals surface area (Å²) in [5.74, 6) is -0.398. The molecule has 29 heavy (non-hydrogen) atoms. The second kappa shape index (κ2) is 8.76. The topological polar surface area (TPSA) is 100 Å². The van der Waals surface area contributed by atoms with Gasteiger partial charge in [0.05, 0.1) is 0 Å². The lowest BCUT2D eigenvalue weighted by Gasteiger charge is -2.37. The third-order valence-electron chi connectivity index (χ3n) is 4.79. The number of thiazole rings is 1. The summed E-state index contributed by atoms with van der Waals surface area (Å²) in [4.78, 5) is 16.9. The van der Waals surface area contributed by atoms with Crippen LogP contribution in [0.5, 0.6) is 0 Å². The van der Waals surface area contributed by atoms with E-state index in [2.05, 4.69) is 36.3 Å². The number of halogens is 1. The number of hydrogen-bond acceptors (Lipinski definition) is 6. The van der Waals surface area contributed by atoms with Gasteiger partial charge in [0.2, 0.25) is 10.0 Å². The first kappa shape index (κ1) is 22.3. The molecule has 0 saturated heterocycles. The average molecular weight is 517 g/mol. The van der Waals surface area contributed by atoms with E-state index in [4.69, 9.17) is 12.2 Å². The largest absolute Gasteiger partial charge is 0.349 e. The van der Waals surface area contributed by atoms with Gasteiger partial charge in [-0.1, -0.05) is 18.2 Å². The fourth-order valence-electron chi connectivity index (χ4n) is 3.33. The Labute approximate surface area is 187 Å². The van der Waals surface area contributed by atoms with Crippen LogP contribution >= 0.6 is 39.5 Å². The summed E-state index contributed by atoms with van der Waals surface area (Å²) in [5.41, 5.74) is -0.669. The Morgan fingerprint density at radius 1 is 1.34 bits per heavy atom. The van der Waals surface area contributed by atoms with Crippen LogP contribution in [0.3, 0.4) is 0 Å². The highest BCUT2D eigenvalue weighted by Gasteiger charge is 2.53. The molecule has 0 aliphatic heterocycles. The second-order valence-corrected chi connectivity index (χ2v) is 11.0. The number of hydrogen-bond donors (Lipinski definition) is 3. The van der Waals surface area contributed by atoms with Gasteiger partial charge in [0.25, 0.3) is 5.91 Å². The highest BCUT2D eigenvalue weighted by molar-refractivity contribution is 9.10. The molecular formula is C18H21BrN4O3S3. The summed E-state index contributed by atoms with van der Waals surface area (Å²) in [7, 11) is -2.25. The zero-order chi connectivity index (χ0) is 21.2. The third-order valence-corrected chi connectivity index (χ3v) is 8.88. The Morgan fingerprint density at radius 2 is 2.00 bits per heavy atom. The van der Waals surface area contributed by atoms with Crippen LogP contribution in [0.25, 0.3) is 0 Å². The fourth-order valence-corrected chi connectivity index (χ4v) is 6.95. The molecule has 0 bridgehead atoms. The molecule has 3 rings (SSSR count). The van der Waals surface area contributed by atoms with E-state index in [0.717, 1.165) is 12.8 Å². The molecule has 11 heteroatoms. The molecule has 1 aromatic carbocycles. The van der Waals surface area contributed by atoms with Crippen LogP contribution in [0, 0.1) is 5.92 Å². The van der Waals surface area contributed by atoms with Crippen LogP contribution in [0.1, 0.15) is 35.1 Å². The average Bonchev–Trinajstić information content (AvgIpc) is 3.39. The lowest BCUT2D eigenvalue weighted by Crippen LogP contribution is -2.59. The maximum absolute atomic E-state index is 12.9. The van der Waals surface area contributed by atoms with Crippen molar-refractivity contribution < 1.29 is 13.2 Å². The molecule has 1 saturated carbocycles. The van der Waals surface area contributed by atoms with Crippen LogP contribution in [0.2, 0.25) is 0 Å². The Bertz CT molecular complexity index is 1010. The van der Waals surface area contributed by atoms with E-state index in [1.165, 1.54) is 18.4 Å². The van der Waals surface area contributed by atoms with E-state index in [0.29, 0.717) is 15.2 Å². The normalized spacial score (nSPS) is 17.2. The van der Waals surface area contributed by atoms with Crippen molar-refractivity contribution in [3.05, 3.63) is 50.9 Å². The molecule has 2 atom stereocenters.